The summed E-state index contributed by atoms with van der Waals surface area (Å²) < 4.78 is 28.8. The molecular weight excluding hydrogens is 628 g/mol. The summed E-state index contributed by atoms with van der Waals surface area (Å²) >= 11 is 1.60. The van der Waals surface area contributed by atoms with E-state index in [-0.39, 0.29) is 24.1 Å². The molecule has 48 heavy (non-hydrogen) atoms. The molecule has 7 rings (SSSR count). The fourth-order valence-corrected chi connectivity index (χ4v) is 7.76. The molecule has 2 aromatic carbocycles. The first-order chi connectivity index (χ1) is 23.4. The predicted octanol–water partition coefficient (Wildman–Crippen LogP) is 6.62. The van der Waals surface area contributed by atoms with Crippen LogP contribution in [0.2, 0.25) is 0 Å². The molecule has 8 nitrogen and oxygen atoms in total. The van der Waals surface area contributed by atoms with Gasteiger partial charge in [0, 0.05) is 83.5 Å². The zero-order chi connectivity index (χ0) is 33.2. The maximum Gasteiger partial charge on any atom is 0.250 e. The fraction of sp³-hybridized carbons (Fsp3) is 0.289. The summed E-state index contributed by atoms with van der Waals surface area (Å²) in [5.74, 6) is -0.106. The molecule has 0 saturated carbocycles. The normalized spacial score (nSPS) is 15.0. The minimum atomic E-state index is -0.405. The number of thiophene rings is 1. The van der Waals surface area contributed by atoms with Gasteiger partial charge in [-0.15, -0.1) is 11.3 Å². The van der Waals surface area contributed by atoms with E-state index in [1.807, 2.05) is 12.3 Å². The van der Waals surface area contributed by atoms with Crippen LogP contribution in [0.3, 0.4) is 0 Å². The van der Waals surface area contributed by atoms with Crippen LogP contribution in [-0.4, -0.2) is 60.3 Å². The summed E-state index contributed by atoms with van der Waals surface area (Å²) in [5.41, 5.74) is 7.33. The van der Waals surface area contributed by atoms with Gasteiger partial charge in [0.15, 0.2) is 0 Å². The molecular formula is C38H37FN4O4S. The molecule has 10 heteroatoms. The number of piperidine rings is 1. The smallest absolute Gasteiger partial charge is 0.250 e. The van der Waals surface area contributed by atoms with Gasteiger partial charge in [-0.25, -0.2) is 9.37 Å². The third kappa shape index (κ3) is 6.19. The van der Waals surface area contributed by atoms with Crippen molar-refractivity contribution >= 4 is 27.3 Å². The van der Waals surface area contributed by atoms with Gasteiger partial charge in [-0.2, -0.15) is 0 Å². The average molecular weight is 665 g/mol. The number of rotatable bonds is 9. The number of likely N-dealkylation sites (tertiary alicyclic amines) is 1. The number of methoxy groups -OCH3 is 1. The number of fused-ring (bicyclic) bond motifs is 2. The highest BCUT2D eigenvalue weighted by Crippen LogP contribution is 2.46. The quantitative estimate of drug-likeness (QED) is 0.141. The Morgan fingerprint density at radius 1 is 1.06 bits per heavy atom. The van der Waals surface area contributed by atoms with E-state index in [4.69, 9.17) is 14.5 Å². The topological polar surface area (TPSA) is 85.7 Å². The molecule has 0 aliphatic carbocycles. The van der Waals surface area contributed by atoms with Crippen LogP contribution in [0.4, 0.5) is 4.39 Å². The number of aromatic nitrogens is 2. The SMILES string of the molecule is C=CC(=O)N1CCC(n2cc(-c3nc(-c4ccc5c(c4)CCNC5)c4ccsc4c3-c3ccc(F)cc3OCCOC)ccc2=O)CC1. The van der Waals surface area contributed by atoms with Crippen molar-refractivity contribution in [3.8, 4) is 39.4 Å². The van der Waals surface area contributed by atoms with Gasteiger partial charge in [-0.3, -0.25) is 9.59 Å². The molecule has 1 saturated heterocycles. The van der Waals surface area contributed by atoms with E-state index < -0.39 is 5.82 Å². The lowest BCUT2D eigenvalue weighted by Gasteiger charge is -2.32. The number of pyridine rings is 2. The number of carbonyl (C=O) groups excluding carboxylic acids is 1. The molecule has 0 radical (unpaired) electrons. The van der Waals surface area contributed by atoms with Crippen molar-refractivity contribution in [2.24, 2.45) is 0 Å². The van der Waals surface area contributed by atoms with Crippen molar-refractivity contribution in [1.82, 2.24) is 19.8 Å². The molecule has 2 aliphatic rings. The second-order valence-corrected chi connectivity index (χ2v) is 13.1. The van der Waals surface area contributed by atoms with Crippen LogP contribution in [0.15, 0.2) is 83.6 Å². The third-order valence-electron chi connectivity index (χ3n) is 9.29. The molecule has 246 valence electrons. The predicted molar refractivity (Wildman–Crippen MR) is 188 cm³/mol. The second kappa shape index (κ2) is 13.8. The Hall–Kier alpha value is -4.64. The van der Waals surface area contributed by atoms with Gasteiger partial charge >= 0.3 is 0 Å². The van der Waals surface area contributed by atoms with Crippen LogP contribution in [-0.2, 0) is 22.5 Å². The minimum Gasteiger partial charge on any atom is -0.490 e. The molecule has 3 aromatic heterocycles. The second-order valence-electron chi connectivity index (χ2n) is 12.2. The number of benzene rings is 2. The summed E-state index contributed by atoms with van der Waals surface area (Å²) in [4.78, 5) is 32.7. The van der Waals surface area contributed by atoms with E-state index in [0.717, 1.165) is 52.0 Å². The van der Waals surface area contributed by atoms with Gasteiger partial charge in [0.25, 0.3) is 5.56 Å². The molecule has 0 bridgehead atoms. The first kappa shape index (κ1) is 31.9. The number of carbonyl (C=O) groups is 1. The highest BCUT2D eigenvalue weighted by Gasteiger charge is 2.26. The summed E-state index contributed by atoms with van der Waals surface area (Å²) in [6, 6.07) is 16.6. The van der Waals surface area contributed by atoms with Crippen LogP contribution >= 0.6 is 11.3 Å². The molecule has 0 spiro atoms. The molecule has 5 heterocycles. The van der Waals surface area contributed by atoms with Gasteiger partial charge in [0.05, 0.1) is 18.0 Å². The largest absolute Gasteiger partial charge is 0.490 e. The van der Waals surface area contributed by atoms with E-state index in [2.05, 4.69) is 41.5 Å². The Morgan fingerprint density at radius 2 is 1.90 bits per heavy atom. The van der Waals surface area contributed by atoms with Gasteiger partial charge in [0.1, 0.15) is 18.2 Å². The van der Waals surface area contributed by atoms with E-state index in [9.17, 15) is 14.0 Å². The van der Waals surface area contributed by atoms with E-state index in [1.54, 1.807) is 40.0 Å². The Balaban J connectivity index is 1.42. The molecule has 1 fully saturated rings. The van der Waals surface area contributed by atoms with Crippen LogP contribution < -0.4 is 15.6 Å². The Kier molecular flexibility index (Phi) is 9.21. The fourth-order valence-electron chi connectivity index (χ4n) is 6.81. The van der Waals surface area contributed by atoms with E-state index >= 15 is 0 Å². The first-order valence-electron chi connectivity index (χ1n) is 16.2. The first-order valence-corrected chi connectivity index (χ1v) is 17.1. The zero-order valence-electron chi connectivity index (χ0n) is 26.8. The van der Waals surface area contributed by atoms with Crippen molar-refractivity contribution in [2.45, 2.75) is 31.8 Å². The summed E-state index contributed by atoms with van der Waals surface area (Å²) in [5, 5.41) is 6.49. The van der Waals surface area contributed by atoms with Crippen molar-refractivity contribution in [3.05, 3.63) is 106 Å². The Bertz CT molecular complexity index is 2060. The highest BCUT2D eigenvalue weighted by atomic mass is 32.1. The Labute approximate surface area is 282 Å². The molecule has 1 N–H and O–H groups in total. The lowest BCUT2D eigenvalue weighted by atomic mass is 9.93. The van der Waals surface area contributed by atoms with Crippen molar-refractivity contribution in [2.75, 3.05) is 40.0 Å². The van der Waals surface area contributed by atoms with E-state index in [1.165, 1.54) is 29.3 Å². The van der Waals surface area contributed by atoms with Gasteiger partial charge < -0.3 is 24.3 Å². The summed E-state index contributed by atoms with van der Waals surface area (Å²) in [6.45, 7) is 7.09. The molecule has 0 atom stereocenters. The Morgan fingerprint density at radius 3 is 2.71 bits per heavy atom. The third-order valence-corrected chi connectivity index (χ3v) is 10.2. The highest BCUT2D eigenvalue weighted by molar-refractivity contribution is 7.18. The number of ether oxygens (including phenoxy) is 2. The van der Waals surface area contributed by atoms with Crippen molar-refractivity contribution in [1.29, 1.82) is 0 Å². The summed E-state index contributed by atoms with van der Waals surface area (Å²) in [7, 11) is 1.60. The average Bonchev–Trinajstić information content (AvgIpc) is 3.61. The number of nitrogens with one attached hydrogen (secondary N) is 1. The van der Waals surface area contributed by atoms with Crippen LogP contribution in [0, 0.1) is 5.82 Å². The monoisotopic (exact) mass is 664 g/mol. The number of nitrogens with zero attached hydrogens (tertiary/aromatic N) is 3. The maximum atomic E-state index is 14.7. The van der Waals surface area contributed by atoms with Crippen molar-refractivity contribution < 1.29 is 18.7 Å². The lowest BCUT2D eigenvalue weighted by molar-refractivity contribution is -0.127. The van der Waals surface area contributed by atoms with Gasteiger partial charge in [-0.05, 0) is 78.7 Å². The van der Waals surface area contributed by atoms with E-state index in [0.29, 0.717) is 49.5 Å². The van der Waals surface area contributed by atoms with Gasteiger partial charge in [0.2, 0.25) is 5.91 Å². The van der Waals surface area contributed by atoms with Crippen molar-refractivity contribution in [3.63, 3.8) is 0 Å². The van der Waals surface area contributed by atoms with Crippen LogP contribution in [0.25, 0.3) is 43.7 Å². The maximum absolute atomic E-state index is 14.7. The molecule has 1 amide bonds. The van der Waals surface area contributed by atoms with Gasteiger partial charge in [-0.1, -0.05) is 18.7 Å². The summed E-state index contributed by atoms with van der Waals surface area (Å²) in [6.07, 6.45) is 5.47. The number of halogens is 1. The lowest BCUT2D eigenvalue weighted by Crippen LogP contribution is -2.39. The van der Waals surface area contributed by atoms with Crippen LogP contribution in [0.5, 0.6) is 5.75 Å². The zero-order valence-corrected chi connectivity index (χ0v) is 27.7. The minimum absolute atomic E-state index is 0.0762. The number of amides is 1. The number of hydrogen-bond donors (Lipinski definition) is 1. The van der Waals surface area contributed by atoms with Crippen LogP contribution in [0.1, 0.15) is 30.0 Å². The molecule has 5 aromatic rings. The number of hydrogen-bond acceptors (Lipinski definition) is 7. The molecule has 0 unspecified atom stereocenters. The standard InChI is InChI=1S/C38H37FN4O4S/c1-3-33(44)42-15-11-29(12-16-42)43-23-27(6-9-34(43)45)37-35(30-8-7-28(39)21-32(30)47-18-17-46-2)38-31(13-19-48-38)36(41-37)25-4-5-26-22-40-14-10-24(26)20-25/h3-9,13,19-21,23,29,40H,1,10-12,14-18,22H2,2H3. The molecule has 2 aliphatic heterocycles.